The fourth-order valence-corrected chi connectivity index (χ4v) is 1.62. The summed E-state index contributed by atoms with van der Waals surface area (Å²) >= 11 is 0. The molecule has 1 aromatic rings. The molecule has 6 heteroatoms. The average Bonchev–Trinajstić information content (AvgIpc) is 2.06. The van der Waals surface area contributed by atoms with Gasteiger partial charge in [-0.2, -0.15) is 8.42 Å². The van der Waals surface area contributed by atoms with Crippen molar-refractivity contribution in [2.75, 3.05) is 7.11 Å². The molecule has 0 aliphatic rings. The highest BCUT2D eigenvalue weighted by Gasteiger charge is 2.09. The topological polar surface area (TPSA) is 83.8 Å². The number of hydrogen-bond acceptors (Lipinski definition) is 4. The zero-order chi connectivity index (χ0) is 10.8. The van der Waals surface area contributed by atoms with Crippen LogP contribution >= 0.6 is 0 Å². The van der Waals surface area contributed by atoms with Gasteiger partial charge in [-0.05, 0) is 17.7 Å². The van der Waals surface area contributed by atoms with Crippen molar-refractivity contribution in [2.24, 2.45) is 0 Å². The summed E-state index contributed by atoms with van der Waals surface area (Å²) < 4.78 is 34.4. The maximum Gasteiger partial charge on any atom is 0.269 e. The summed E-state index contributed by atoms with van der Waals surface area (Å²) in [6.07, 6.45) is 0. The van der Waals surface area contributed by atoms with Crippen LogP contribution in [0.5, 0.6) is 11.5 Å². The Morgan fingerprint density at radius 1 is 1.43 bits per heavy atom. The van der Waals surface area contributed by atoms with E-state index in [0.29, 0.717) is 5.56 Å². The van der Waals surface area contributed by atoms with Crippen LogP contribution in [0.15, 0.2) is 18.2 Å². The van der Waals surface area contributed by atoms with Gasteiger partial charge in [-0.3, -0.25) is 4.55 Å². The molecule has 14 heavy (non-hydrogen) atoms. The molecule has 0 saturated carbocycles. The number of methoxy groups -OCH3 is 1. The number of ether oxygens (including phenoxy) is 1. The zero-order valence-corrected chi connectivity index (χ0v) is 8.28. The first-order chi connectivity index (χ1) is 6.42. The van der Waals surface area contributed by atoms with Crippen molar-refractivity contribution in [3.8, 4) is 11.5 Å². The van der Waals surface area contributed by atoms with E-state index in [1.807, 2.05) is 0 Å². The van der Waals surface area contributed by atoms with Crippen LogP contribution in [0.4, 0.5) is 0 Å². The third kappa shape index (κ3) is 2.90. The van der Waals surface area contributed by atoms with Gasteiger partial charge in [0.25, 0.3) is 10.1 Å². The zero-order valence-electron chi connectivity index (χ0n) is 7.47. The number of phenolic OH excluding ortho intramolecular Hbond substituents is 1. The number of benzene rings is 1. The molecule has 0 atom stereocenters. The molecule has 5 nitrogen and oxygen atoms in total. The number of hydrogen-bond donors (Lipinski definition) is 2. The van der Waals surface area contributed by atoms with E-state index >= 15 is 0 Å². The summed E-state index contributed by atoms with van der Waals surface area (Å²) in [7, 11) is -2.70. The van der Waals surface area contributed by atoms with E-state index < -0.39 is 15.9 Å². The first kappa shape index (κ1) is 10.8. The molecule has 0 amide bonds. The fourth-order valence-electron chi connectivity index (χ4n) is 1.02. The summed E-state index contributed by atoms with van der Waals surface area (Å²) in [5, 5.41) is 9.20. The van der Waals surface area contributed by atoms with Gasteiger partial charge < -0.3 is 9.84 Å². The van der Waals surface area contributed by atoms with E-state index in [4.69, 9.17) is 9.29 Å². The largest absolute Gasteiger partial charge is 0.504 e. The highest BCUT2D eigenvalue weighted by Crippen LogP contribution is 2.26. The van der Waals surface area contributed by atoms with Gasteiger partial charge in [0.05, 0.1) is 7.11 Å². The minimum absolute atomic E-state index is 0.0772. The van der Waals surface area contributed by atoms with E-state index in [0.717, 1.165) is 0 Å². The van der Waals surface area contributed by atoms with Crippen LogP contribution in [-0.2, 0) is 15.9 Å². The van der Waals surface area contributed by atoms with Gasteiger partial charge >= 0.3 is 0 Å². The predicted octanol–water partition coefficient (Wildman–Crippen LogP) is 0.789. The van der Waals surface area contributed by atoms with Crippen LogP contribution in [0, 0.1) is 0 Å². The average molecular weight is 218 g/mol. The van der Waals surface area contributed by atoms with Gasteiger partial charge in [0.15, 0.2) is 11.5 Å². The molecule has 78 valence electrons. The maximum atomic E-state index is 10.5. The molecule has 0 bridgehead atoms. The third-order valence-electron chi connectivity index (χ3n) is 1.59. The van der Waals surface area contributed by atoms with Crippen LogP contribution in [-0.4, -0.2) is 25.2 Å². The molecule has 0 unspecified atom stereocenters. The highest BCUT2D eigenvalue weighted by atomic mass is 32.2. The van der Waals surface area contributed by atoms with Crippen LogP contribution in [0.2, 0.25) is 0 Å². The highest BCUT2D eigenvalue weighted by molar-refractivity contribution is 7.85. The fraction of sp³-hybridized carbons (Fsp3) is 0.250. The lowest BCUT2D eigenvalue weighted by atomic mass is 10.2. The van der Waals surface area contributed by atoms with Crippen molar-refractivity contribution < 1.29 is 22.8 Å². The van der Waals surface area contributed by atoms with E-state index in [-0.39, 0.29) is 11.5 Å². The second-order valence-corrected chi connectivity index (χ2v) is 4.18. The molecule has 0 aliphatic carbocycles. The van der Waals surface area contributed by atoms with E-state index in [9.17, 15) is 13.5 Å². The number of phenols is 1. The van der Waals surface area contributed by atoms with Gasteiger partial charge in [0.1, 0.15) is 5.75 Å². The van der Waals surface area contributed by atoms with E-state index in [1.54, 1.807) is 0 Å². The van der Waals surface area contributed by atoms with E-state index in [2.05, 4.69) is 0 Å². The van der Waals surface area contributed by atoms with Gasteiger partial charge in [-0.1, -0.05) is 6.07 Å². The van der Waals surface area contributed by atoms with Gasteiger partial charge in [-0.25, -0.2) is 0 Å². The quantitative estimate of drug-likeness (QED) is 0.733. The first-order valence-electron chi connectivity index (χ1n) is 3.73. The Kier molecular flexibility index (Phi) is 2.97. The second kappa shape index (κ2) is 3.85. The molecule has 0 saturated heterocycles. The summed E-state index contributed by atoms with van der Waals surface area (Å²) in [5.41, 5.74) is 0.349. The Morgan fingerprint density at radius 2 is 2.07 bits per heavy atom. The number of aromatic hydroxyl groups is 1. The Morgan fingerprint density at radius 3 is 2.57 bits per heavy atom. The molecule has 1 aromatic carbocycles. The third-order valence-corrected chi connectivity index (χ3v) is 2.29. The Balaban J connectivity index is 3.01. The minimum Gasteiger partial charge on any atom is -0.504 e. The van der Waals surface area contributed by atoms with E-state index in [1.165, 1.54) is 25.3 Å². The van der Waals surface area contributed by atoms with Crippen molar-refractivity contribution >= 4 is 10.1 Å². The number of rotatable bonds is 3. The standard InChI is InChI=1S/C8H10O5S/c1-13-8-4-6(2-3-7(8)9)5-14(10,11)12/h2-4,9H,5H2,1H3,(H,10,11,12). The molecular formula is C8H10O5S. The Hall–Kier alpha value is -1.27. The van der Waals surface area contributed by atoms with Crippen molar-refractivity contribution in [3.63, 3.8) is 0 Å². The van der Waals surface area contributed by atoms with Crippen LogP contribution in [0.1, 0.15) is 5.56 Å². The van der Waals surface area contributed by atoms with Crippen molar-refractivity contribution in [2.45, 2.75) is 5.75 Å². The Labute approximate surface area is 81.7 Å². The van der Waals surface area contributed by atoms with Crippen molar-refractivity contribution in [1.29, 1.82) is 0 Å². The Bertz CT molecular complexity index is 423. The van der Waals surface area contributed by atoms with Gasteiger partial charge in [0.2, 0.25) is 0 Å². The summed E-state index contributed by atoms with van der Waals surface area (Å²) in [6.45, 7) is 0. The SMILES string of the molecule is COc1cc(CS(=O)(=O)O)ccc1O. The molecular weight excluding hydrogens is 208 g/mol. The van der Waals surface area contributed by atoms with Crippen LogP contribution in [0.3, 0.4) is 0 Å². The summed E-state index contributed by atoms with van der Waals surface area (Å²) in [5.74, 6) is -0.401. The lowest BCUT2D eigenvalue weighted by molar-refractivity contribution is 0.373. The minimum atomic E-state index is -4.05. The van der Waals surface area contributed by atoms with Crippen LogP contribution < -0.4 is 4.74 Å². The van der Waals surface area contributed by atoms with Crippen molar-refractivity contribution in [1.82, 2.24) is 0 Å². The van der Waals surface area contributed by atoms with Crippen LogP contribution in [0.25, 0.3) is 0 Å². The second-order valence-electron chi connectivity index (χ2n) is 2.73. The molecule has 0 spiro atoms. The molecule has 2 N–H and O–H groups in total. The molecule has 0 aromatic heterocycles. The van der Waals surface area contributed by atoms with Gasteiger partial charge in [-0.15, -0.1) is 0 Å². The molecule has 1 rings (SSSR count). The molecule has 0 radical (unpaired) electrons. The lowest BCUT2D eigenvalue weighted by Crippen LogP contribution is -2.01. The molecule has 0 heterocycles. The smallest absolute Gasteiger partial charge is 0.269 e. The first-order valence-corrected chi connectivity index (χ1v) is 5.34. The molecule has 0 fully saturated rings. The predicted molar refractivity (Wildman–Crippen MR) is 49.9 cm³/mol. The monoisotopic (exact) mass is 218 g/mol. The summed E-state index contributed by atoms with van der Waals surface area (Å²) in [4.78, 5) is 0. The summed E-state index contributed by atoms with van der Waals surface area (Å²) in [6, 6.07) is 4.05. The maximum absolute atomic E-state index is 10.5. The normalized spacial score (nSPS) is 11.3. The molecule has 0 aliphatic heterocycles. The lowest BCUT2D eigenvalue weighted by Gasteiger charge is -2.04. The van der Waals surface area contributed by atoms with Gasteiger partial charge in [0, 0.05) is 0 Å². The van der Waals surface area contributed by atoms with Crippen molar-refractivity contribution in [3.05, 3.63) is 23.8 Å².